The predicted molar refractivity (Wildman–Crippen MR) is 117 cm³/mol. The van der Waals surface area contributed by atoms with E-state index in [0.717, 1.165) is 16.7 Å². The summed E-state index contributed by atoms with van der Waals surface area (Å²) in [6, 6.07) is 17.6. The van der Waals surface area contributed by atoms with Crippen LogP contribution >= 0.6 is 0 Å². The zero-order chi connectivity index (χ0) is 21.2. The second-order valence-corrected chi connectivity index (χ2v) is 8.94. The molecule has 1 amide bonds. The number of carbonyl (C=O) groups excluding carboxylic acids is 1. The third kappa shape index (κ3) is 5.03. The van der Waals surface area contributed by atoms with Crippen LogP contribution in [0.1, 0.15) is 32.6 Å². The SMILES string of the molecule is Cc1cc(C)cc(NC(=O)c2ccc(C)c(S(=O)(=O)Nc3cccc(C)c3)c2)c1. The molecule has 150 valence electrons. The Labute approximate surface area is 171 Å². The first kappa shape index (κ1) is 20.6. The zero-order valence-electron chi connectivity index (χ0n) is 16.9. The third-order valence-electron chi connectivity index (χ3n) is 4.49. The van der Waals surface area contributed by atoms with Gasteiger partial charge in [-0.05, 0) is 86.3 Å². The van der Waals surface area contributed by atoms with Crippen molar-refractivity contribution in [2.45, 2.75) is 32.6 Å². The molecule has 5 nitrogen and oxygen atoms in total. The molecule has 29 heavy (non-hydrogen) atoms. The van der Waals surface area contributed by atoms with E-state index in [2.05, 4.69) is 10.0 Å². The number of nitrogens with one attached hydrogen (secondary N) is 2. The highest BCUT2D eigenvalue weighted by molar-refractivity contribution is 7.92. The van der Waals surface area contributed by atoms with E-state index >= 15 is 0 Å². The smallest absolute Gasteiger partial charge is 0.262 e. The van der Waals surface area contributed by atoms with Crippen LogP contribution in [0.2, 0.25) is 0 Å². The van der Waals surface area contributed by atoms with Crippen molar-refractivity contribution in [1.82, 2.24) is 0 Å². The number of hydrogen-bond acceptors (Lipinski definition) is 3. The lowest BCUT2D eigenvalue weighted by Crippen LogP contribution is -2.17. The maximum absolute atomic E-state index is 12.9. The summed E-state index contributed by atoms with van der Waals surface area (Å²) in [5.41, 5.74) is 5.02. The van der Waals surface area contributed by atoms with Crippen molar-refractivity contribution in [3.05, 3.63) is 88.5 Å². The average molecular weight is 409 g/mol. The van der Waals surface area contributed by atoms with Gasteiger partial charge in [-0.1, -0.05) is 24.3 Å². The van der Waals surface area contributed by atoms with Gasteiger partial charge in [0, 0.05) is 16.9 Å². The van der Waals surface area contributed by atoms with Gasteiger partial charge < -0.3 is 5.32 Å². The molecule has 3 aromatic carbocycles. The van der Waals surface area contributed by atoms with Gasteiger partial charge in [0.1, 0.15) is 0 Å². The van der Waals surface area contributed by atoms with Crippen LogP contribution in [-0.4, -0.2) is 14.3 Å². The average Bonchev–Trinajstić information content (AvgIpc) is 2.60. The monoisotopic (exact) mass is 408 g/mol. The molecular formula is C23H24N2O3S. The summed E-state index contributed by atoms with van der Waals surface area (Å²) in [5, 5.41) is 2.84. The van der Waals surface area contributed by atoms with Crippen molar-refractivity contribution in [1.29, 1.82) is 0 Å². The molecule has 0 unspecified atom stereocenters. The van der Waals surface area contributed by atoms with Gasteiger partial charge in [0.25, 0.3) is 15.9 Å². The molecule has 0 spiro atoms. The van der Waals surface area contributed by atoms with Crippen molar-refractivity contribution < 1.29 is 13.2 Å². The van der Waals surface area contributed by atoms with Crippen molar-refractivity contribution in [3.63, 3.8) is 0 Å². The Balaban J connectivity index is 1.89. The van der Waals surface area contributed by atoms with Crippen LogP contribution in [0.5, 0.6) is 0 Å². The van der Waals surface area contributed by atoms with Crippen LogP contribution in [0.3, 0.4) is 0 Å². The topological polar surface area (TPSA) is 75.3 Å². The van der Waals surface area contributed by atoms with Crippen LogP contribution in [0, 0.1) is 27.7 Å². The van der Waals surface area contributed by atoms with Gasteiger partial charge in [-0.2, -0.15) is 0 Å². The normalized spacial score (nSPS) is 11.2. The van der Waals surface area contributed by atoms with Gasteiger partial charge in [-0.15, -0.1) is 0 Å². The van der Waals surface area contributed by atoms with Gasteiger partial charge in [0.2, 0.25) is 0 Å². The van der Waals surface area contributed by atoms with E-state index in [-0.39, 0.29) is 16.4 Å². The number of amides is 1. The van der Waals surface area contributed by atoms with Gasteiger partial charge in [-0.25, -0.2) is 8.42 Å². The molecule has 0 aliphatic rings. The molecule has 0 aliphatic carbocycles. The van der Waals surface area contributed by atoms with Crippen LogP contribution in [0.4, 0.5) is 11.4 Å². The molecule has 0 saturated carbocycles. The quantitative estimate of drug-likeness (QED) is 0.626. The highest BCUT2D eigenvalue weighted by atomic mass is 32.2. The summed E-state index contributed by atoms with van der Waals surface area (Å²) >= 11 is 0. The van der Waals surface area contributed by atoms with E-state index in [1.165, 1.54) is 6.07 Å². The standard InChI is InChI=1S/C23H24N2O3S/c1-15-6-5-7-20(11-15)25-29(27,28)22-14-19(9-8-18(22)4)23(26)24-21-12-16(2)10-17(3)13-21/h5-14,25H,1-4H3,(H,24,26). The van der Waals surface area contributed by atoms with Crippen molar-refractivity contribution in [2.75, 3.05) is 10.0 Å². The number of anilines is 2. The highest BCUT2D eigenvalue weighted by Crippen LogP contribution is 2.22. The molecule has 0 aliphatic heterocycles. The first-order chi connectivity index (χ1) is 13.6. The summed E-state index contributed by atoms with van der Waals surface area (Å²) < 4.78 is 28.4. The minimum absolute atomic E-state index is 0.0760. The largest absolute Gasteiger partial charge is 0.322 e. The zero-order valence-corrected chi connectivity index (χ0v) is 17.7. The molecule has 0 fully saturated rings. The van der Waals surface area contributed by atoms with Crippen molar-refractivity contribution in [2.24, 2.45) is 0 Å². The summed E-state index contributed by atoms with van der Waals surface area (Å²) in [6.45, 7) is 7.50. The van der Waals surface area contributed by atoms with E-state index in [9.17, 15) is 13.2 Å². The van der Waals surface area contributed by atoms with E-state index in [4.69, 9.17) is 0 Å². The molecule has 6 heteroatoms. The third-order valence-corrected chi connectivity index (χ3v) is 6.01. The Morgan fingerprint density at radius 3 is 2.07 bits per heavy atom. The Hall–Kier alpha value is -3.12. The second kappa shape index (κ2) is 8.09. The van der Waals surface area contributed by atoms with Crippen LogP contribution < -0.4 is 10.0 Å². The molecule has 0 heterocycles. The van der Waals surface area contributed by atoms with E-state index in [1.54, 1.807) is 37.3 Å². The van der Waals surface area contributed by atoms with Gasteiger partial charge >= 0.3 is 0 Å². The van der Waals surface area contributed by atoms with Crippen molar-refractivity contribution in [3.8, 4) is 0 Å². The molecule has 2 N–H and O–H groups in total. The Kier molecular flexibility index (Phi) is 5.75. The minimum atomic E-state index is -3.83. The molecule has 3 aromatic rings. The minimum Gasteiger partial charge on any atom is -0.322 e. The van der Waals surface area contributed by atoms with Crippen LogP contribution in [0.25, 0.3) is 0 Å². The lowest BCUT2D eigenvalue weighted by molar-refractivity contribution is 0.102. The summed E-state index contributed by atoms with van der Waals surface area (Å²) in [5.74, 6) is -0.359. The molecule has 3 rings (SSSR count). The molecular weight excluding hydrogens is 384 g/mol. The molecule has 0 saturated heterocycles. The predicted octanol–water partition coefficient (Wildman–Crippen LogP) is 4.97. The molecule has 0 aromatic heterocycles. The molecule has 0 radical (unpaired) electrons. The Morgan fingerprint density at radius 2 is 1.41 bits per heavy atom. The van der Waals surface area contributed by atoms with Gasteiger partial charge in [-0.3, -0.25) is 9.52 Å². The lowest BCUT2D eigenvalue weighted by Gasteiger charge is -2.13. The Bertz CT molecular complexity index is 1160. The summed E-state index contributed by atoms with van der Waals surface area (Å²) in [6.07, 6.45) is 0. The van der Waals surface area contributed by atoms with E-state index in [1.807, 2.05) is 45.0 Å². The second-order valence-electron chi connectivity index (χ2n) is 7.29. The first-order valence-corrected chi connectivity index (χ1v) is 10.7. The maximum Gasteiger partial charge on any atom is 0.262 e. The number of benzene rings is 3. The van der Waals surface area contributed by atoms with Crippen molar-refractivity contribution >= 4 is 27.3 Å². The summed E-state index contributed by atoms with van der Waals surface area (Å²) in [4.78, 5) is 12.8. The number of aryl methyl sites for hydroxylation is 4. The summed E-state index contributed by atoms with van der Waals surface area (Å²) in [7, 11) is -3.83. The number of carbonyl (C=O) groups is 1. The van der Waals surface area contributed by atoms with Gasteiger partial charge in [0.05, 0.1) is 4.90 Å². The fraction of sp³-hybridized carbons (Fsp3) is 0.174. The number of rotatable bonds is 5. The highest BCUT2D eigenvalue weighted by Gasteiger charge is 2.19. The van der Waals surface area contributed by atoms with E-state index in [0.29, 0.717) is 16.9 Å². The van der Waals surface area contributed by atoms with Crippen LogP contribution in [-0.2, 0) is 10.0 Å². The lowest BCUT2D eigenvalue weighted by atomic mass is 10.1. The molecule has 0 bridgehead atoms. The Morgan fingerprint density at radius 1 is 0.759 bits per heavy atom. The van der Waals surface area contributed by atoms with Gasteiger partial charge in [0.15, 0.2) is 0 Å². The fourth-order valence-corrected chi connectivity index (χ4v) is 4.52. The first-order valence-electron chi connectivity index (χ1n) is 9.24. The maximum atomic E-state index is 12.9. The van der Waals surface area contributed by atoms with E-state index < -0.39 is 10.0 Å². The number of hydrogen-bond donors (Lipinski definition) is 2. The molecule has 0 atom stereocenters. The number of sulfonamides is 1. The van der Waals surface area contributed by atoms with Crippen LogP contribution in [0.15, 0.2) is 65.6 Å². The fourth-order valence-electron chi connectivity index (χ4n) is 3.20.